The molecule has 0 saturated carbocycles. The summed E-state index contributed by atoms with van der Waals surface area (Å²) in [5.74, 6) is 1.12. The molecular formula is C24H30N2O3. The van der Waals surface area contributed by atoms with Crippen LogP contribution in [-0.2, 0) is 11.2 Å². The number of carbonyl (C=O) groups is 2. The minimum atomic E-state index is 0.0558. The topological polar surface area (TPSA) is 49.9 Å². The maximum atomic E-state index is 12.6. The van der Waals surface area contributed by atoms with Crippen LogP contribution in [0.5, 0.6) is 5.75 Å². The van der Waals surface area contributed by atoms with E-state index in [4.69, 9.17) is 4.74 Å². The summed E-state index contributed by atoms with van der Waals surface area (Å²) in [5, 5.41) is 0. The molecule has 0 unspecified atom stereocenters. The summed E-state index contributed by atoms with van der Waals surface area (Å²) in [6.07, 6.45) is 3.41. The first-order valence-electron chi connectivity index (χ1n) is 10.3. The van der Waals surface area contributed by atoms with Gasteiger partial charge in [-0.15, -0.1) is 0 Å². The number of nitrogens with zero attached hydrogens (tertiary/aromatic N) is 2. The number of hydrogen-bond donors (Lipinski definition) is 0. The molecular weight excluding hydrogens is 364 g/mol. The highest BCUT2D eigenvalue weighted by atomic mass is 16.5. The van der Waals surface area contributed by atoms with E-state index in [1.165, 1.54) is 5.56 Å². The Balaban J connectivity index is 1.37. The molecule has 0 aromatic heterocycles. The molecule has 1 fully saturated rings. The second kappa shape index (κ2) is 10.1. The van der Waals surface area contributed by atoms with Crippen molar-refractivity contribution in [1.29, 1.82) is 0 Å². The normalized spacial score (nSPS) is 14.0. The van der Waals surface area contributed by atoms with Crippen molar-refractivity contribution >= 4 is 11.8 Å². The molecule has 1 aliphatic heterocycles. The number of benzene rings is 2. The fraction of sp³-hybridized carbons (Fsp3) is 0.417. The molecule has 0 aliphatic carbocycles. The van der Waals surface area contributed by atoms with Gasteiger partial charge in [-0.3, -0.25) is 9.59 Å². The van der Waals surface area contributed by atoms with Crippen LogP contribution in [0.25, 0.3) is 0 Å². The number of piperazine rings is 1. The SMILES string of the molecule is COc1ccc(CCCCC(=O)N2CCN(C(=O)c3cccc(C)c3)CC2)cc1. The van der Waals surface area contributed by atoms with Gasteiger partial charge in [0.2, 0.25) is 5.91 Å². The van der Waals surface area contributed by atoms with Crippen LogP contribution in [0, 0.1) is 6.92 Å². The zero-order chi connectivity index (χ0) is 20.6. The van der Waals surface area contributed by atoms with E-state index in [-0.39, 0.29) is 11.8 Å². The third-order valence-electron chi connectivity index (χ3n) is 5.45. The molecule has 5 heteroatoms. The van der Waals surface area contributed by atoms with E-state index in [2.05, 4.69) is 12.1 Å². The molecule has 0 bridgehead atoms. The van der Waals surface area contributed by atoms with Crippen LogP contribution in [-0.4, -0.2) is 54.9 Å². The molecule has 154 valence electrons. The average Bonchev–Trinajstić information content (AvgIpc) is 2.76. The molecule has 2 aromatic rings. The molecule has 1 aliphatic rings. The summed E-state index contributed by atoms with van der Waals surface area (Å²) in [6, 6.07) is 15.8. The van der Waals surface area contributed by atoms with Crippen LogP contribution in [0.2, 0.25) is 0 Å². The molecule has 0 spiro atoms. The van der Waals surface area contributed by atoms with Gasteiger partial charge in [0.25, 0.3) is 5.91 Å². The Bertz CT molecular complexity index is 824. The van der Waals surface area contributed by atoms with Crippen molar-refractivity contribution in [3.63, 3.8) is 0 Å². The lowest BCUT2D eigenvalue weighted by molar-refractivity contribution is -0.132. The average molecular weight is 395 g/mol. The molecule has 1 saturated heterocycles. The van der Waals surface area contributed by atoms with Crippen LogP contribution in [0.15, 0.2) is 48.5 Å². The number of ether oxygens (including phenoxy) is 1. The number of unbranched alkanes of at least 4 members (excludes halogenated alkanes) is 1. The van der Waals surface area contributed by atoms with Crippen LogP contribution in [0.3, 0.4) is 0 Å². The largest absolute Gasteiger partial charge is 0.497 e. The Morgan fingerprint density at radius 2 is 1.62 bits per heavy atom. The van der Waals surface area contributed by atoms with Gasteiger partial charge in [0.05, 0.1) is 7.11 Å². The van der Waals surface area contributed by atoms with Gasteiger partial charge in [0, 0.05) is 38.2 Å². The lowest BCUT2D eigenvalue weighted by atomic mass is 10.1. The zero-order valence-electron chi connectivity index (χ0n) is 17.4. The fourth-order valence-corrected chi connectivity index (χ4v) is 3.68. The van der Waals surface area contributed by atoms with E-state index in [1.54, 1.807) is 7.11 Å². The highest BCUT2D eigenvalue weighted by Crippen LogP contribution is 2.15. The number of carbonyl (C=O) groups excluding carboxylic acids is 2. The second-order valence-electron chi connectivity index (χ2n) is 7.60. The maximum absolute atomic E-state index is 12.6. The number of aryl methyl sites for hydroxylation is 2. The van der Waals surface area contributed by atoms with Gasteiger partial charge in [0.15, 0.2) is 0 Å². The summed E-state index contributed by atoms with van der Waals surface area (Å²) in [7, 11) is 1.67. The highest BCUT2D eigenvalue weighted by molar-refractivity contribution is 5.94. The van der Waals surface area contributed by atoms with Gasteiger partial charge < -0.3 is 14.5 Å². The first-order chi connectivity index (χ1) is 14.1. The van der Waals surface area contributed by atoms with Gasteiger partial charge in [-0.1, -0.05) is 29.8 Å². The second-order valence-corrected chi connectivity index (χ2v) is 7.60. The molecule has 5 nitrogen and oxygen atoms in total. The van der Waals surface area contributed by atoms with Gasteiger partial charge in [-0.05, 0) is 56.0 Å². The Morgan fingerprint density at radius 3 is 2.28 bits per heavy atom. The molecule has 29 heavy (non-hydrogen) atoms. The lowest BCUT2D eigenvalue weighted by Gasteiger charge is -2.35. The van der Waals surface area contributed by atoms with Crippen molar-refractivity contribution in [3.8, 4) is 5.75 Å². The summed E-state index contributed by atoms with van der Waals surface area (Å²) in [4.78, 5) is 28.9. The van der Waals surface area contributed by atoms with Crippen molar-refractivity contribution in [3.05, 3.63) is 65.2 Å². The Labute approximate surface area is 173 Å². The zero-order valence-corrected chi connectivity index (χ0v) is 17.4. The standard InChI is InChI=1S/C24H30N2O3/c1-19-6-5-8-21(18-19)24(28)26-16-14-25(15-17-26)23(27)9-4-3-7-20-10-12-22(29-2)13-11-20/h5-6,8,10-13,18H,3-4,7,9,14-17H2,1-2H3. The van der Waals surface area contributed by atoms with Gasteiger partial charge >= 0.3 is 0 Å². The Hall–Kier alpha value is -2.82. The molecule has 0 radical (unpaired) electrons. The molecule has 1 heterocycles. The Morgan fingerprint density at radius 1 is 0.931 bits per heavy atom. The van der Waals surface area contributed by atoms with Crippen molar-refractivity contribution in [1.82, 2.24) is 9.80 Å². The molecule has 0 N–H and O–H groups in total. The van der Waals surface area contributed by atoms with E-state index >= 15 is 0 Å². The maximum Gasteiger partial charge on any atom is 0.253 e. The van der Waals surface area contributed by atoms with Gasteiger partial charge in [-0.25, -0.2) is 0 Å². The fourth-order valence-electron chi connectivity index (χ4n) is 3.68. The Kier molecular flexibility index (Phi) is 7.28. The number of rotatable bonds is 7. The van der Waals surface area contributed by atoms with Crippen molar-refractivity contribution < 1.29 is 14.3 Å². The van der Waals surface area contributed by atoms with E-state index in [0.717, 1.165) is 36.1 Å². The van der Waals surface area contributed by atoms with E-state index in [9.17, 15) is 9.59 Å². The highest BCUT2D eigenvalue weighted by Gasteiger charge is 2.24. The number of amides is 2. The molecule has 0 atom stereocenters. The molecule has 2 amide bonds. The quantitative estimate of drug-likeness (QED) is 0.673. The lowest BCUT2D eigenvalue weighted by Crippen LogP contribution is -2.50. The van der Waals surface area contributed by atoms with Gasteiger partial charge in [-0.2, -0.15) is 0 Å². The van der Waals surface area contributed by atoms with Crippen molar-refractivity contribution in [2.24, 2.45) is 0 Å². The summed E-state index contributed by atoms with van der Waals surface area (Å²) >= 11 is 0. The van der Waals surface area contributed by atoms with Crippen molar-refractivity contribution in [2.45, 2.75) is 32.6 Å². The molecule has 2 aromatic carbocycles. The monoisotopic (exact) mass is 394 g/mol. The van der Waals surface area contributed by atoms with E-state index in [0.29, 0.717) is 32.6 Å². The minimum absolute atomic E-state index is 0.0558. The number of methoxy groups -OCH3 is 1. The summed E-state index contributed by atoms with van der Waals surface area (Å²) in [5.41, 5.74) is 3.07. The van der Waals surface area contributed by atoms with Crippen LogP contribution < -0.4 is 4.74 Å². The van der Waals surface area contributed by atoms with Crippen LogP contribution in [0.1, 0.15) is 40.7 Å². The summed E-state index contributed by atoms with van der Waals surface area (Å²) in [6.45, 7) is 4.43. The third-order valence-corrected chi connectivity index (χ3v) is 5.45. The number of hydrogen-bond acceptors (Lipinski definition) is 3. The van der Waals surface area contributed by atoms with E-state index < -0.39 is 0 Å². The first kappa shape index (κ1) is 20.9. The van der Waals surface area contributed by atoms with Crippen LogP contribution >= 0.6 is 0 Å². The minimum Gasteiger partial charge on any atom is -0.497 e. The first-order valence-corrected chi connectivity index (χ1v) is 10.3. The molecule has 3 rings (SSSR count). The predicted octanol–water partition coefficient (Wildman–Crippen LogP) is 3.70. The third kappa shape index (κ3) is 5.83. The van der Waals surface area contributed by atoms with E-state index in [1.807, 2.05) is 53.1 Å². The predicted molar refractivity (Wildman–Crippen MR) is 114 cm³/mol. The van der Waals surface area contributed by atoms with Crippen molar-refractivity contribution in [2.75, 3.05) is 33.3 Å². The van der Waals surface area contributed by atoms with Crippen LogP contribution in [0.4, 0.5) is 0 Å². The smallest absolute Gasteiger partial charge is 0.253 e. The van der Waals surface area contributed by atoms with Gasteiger partial charge in [0.1, 0.15) is 5.75 Å². The summed E-state index contributed by atoms with van der Waals surface area (Å²) < 4.78 is 5.17.